The van der Waals surface area contributed by atoms with E-state index in [4.69, 9.17) is 4.74 Å². The fourth-order valence-electron chi connectivity index (χ4n) is 1.82. The first-order valence-electron chi connectivity index (χ1n) is 5.51. The molecule has 1 fully saturated rings. The molecule has 0 spiro atoms. The Kier molecular flexibility index (Phi) is 3.60. The third kappa shape index (κ3) is 3.38. The SMILES string of the molecule is CC[C@@H]1C[C@@H](O)CN1C(=O)OC(C)(C)C. The average Bonchev–Trinajstić information content (AvgIpc) is 2.43. The van der Waals surface area contributed by atoms with Crippen LogP contribution in [0.1, 0.15) is 40.5 Å². The summed E-state index contributed by atoms with van der Waals surface area (Å²) in [4.78, 5) is 13.4. The van der Waals surface area contributed by atoms with Gasteiger partial charge in [-0.3, -0.25) is 0 Å². The molecule has 4 nitrogen and oxygen atoms in total. The molecule has 88 valence electrons. The number of carbonyl (C=O) groups is 1. The Bertz CT molecular complexity index is 234. The number of carbonyl (C=O) groups excluding carboxylic acids is 1. The van der Waals surface area contributed by atoms with Crippen molar-refractivity contribution in [2.45, 2.75) is 58.3 Å². The van der Waals surface area contributed by atoms with E-state index in [1.807, 2.05) is 27.7 Å². The zero-order valence-corrected chi connectivity index (χ0v) is 9.99. The van der Waals surface area contributed by atoms with Gasteiger partial charge in [0.05, 0.1) is 12.6 Å². The normalized spacial score (nSPS) is 26.9. The summed E-state index contributed by atoms with van der Waals surface area (Å²) in [6.07, 6.45) is 0.805. The van der Waals surface area contributed by atoms with Crippen LogP contribution in [-0.4, -0.2) is 40.4 Å². The molecular formula is C11H21NO3. The van der Waals surface area contributed by atoms with E-state index < -0.39 is 11.7 Å². The Hall–Kier alpha value is -0.770. The monoisotopic (exact) mass is 215 g/mol. The Morgan fingerprint density at radius 1 is 1.53 bits per heavy atom. The molecule has 0 aromatic rings. The molecule has 1 N–H and O–H groups in total. The number of aliphatic hydroxyl groups excluding tert-OH is 1. The predicted octanol–water partition coefficient (Wildman–Crippen LogP) is 1.77. The highest BCUT2D eigenvalue weighted by molar-refractivity contribution is 5.69. The minimum atomic E-state index is -0.469. The summed E-state index contributed by atoms with van der Waals surface area (Å²) in [5.41, 5.74) is -0.469. The molecule has 2 atom stereocenters. The summed E-state index contributed by atoms with van der Waals surface area (Å²) in [6, 6.07) is 0.120. The highest BCUT2D eigenvalue weighted by Crippen LogP contribution is 2.22. The van der Waals surface area contributed by atoms with Crippen LogP contribution < -0.4 is 0 Å². The van der Waals surface area contributed by atoms with Crippen molar-refractivity contribution < 1.29 is 14.6 Å². The number of nitrogens with zero attached hydrogens (tertiary/aromatic N) is 1. The molecule has 1 saturated heterocycles. The fraction of sp³-hybridized carbons (Fsp3) is 0.909. The van der Waals surface area contributed by atoms with Crippen molar-refractivity contribution in [3.63, 3.8) is 0 Å². The number of aliphatic hydroxyl groups is 1. The van der Waals surface area contributed by atoms with E-state index in [9.17, 15) is 9.90 Å². The van der Waals surface area contributed by atoms with Crippen LogP contribution in [0.2, 0.25) is 0 Å². The molecule has 0 saturated carbocycles. The van der Waals surface area contributed by atoms with Gasteiger partial charge in [0.1, 0.15) is 5.60 Å². The third-order valence-corrected chi connectivity index (χ3v) is 2.49. The van der Waals surface area contributed by atoms with Crippen LogP contribution in [0.3, 0.4) is 0 Å². The number of rotatable bonds is 1. The summed E-state index contributed by atoms with van der Waals surface area (Å²) in [5, 5.41) is 9.50. The minimum Gasteiger partial charge on any atom is -0.444 e. The van der Waals surface area contributed by atoms with Crippen LogP contribution in [0.5, 0.6) is 0 Å². The number of hydrogen-bond acceptors (Lipinski definition) is 3. The second-order valence-electron chi connectivity index (χ2n) is 5.08. The van der Waals surface area contributed by atoms with Crippen LogP contribution in [0.25, 0.3) is 0 Å². The maximum absolute atomic E-state index is 11.8. The smallest absolute Gasteiger partial charge is 0.410 e. The maximum Gasteiger partial charge on any atom is 0.410 e. The molecule has 1 amide bonds. The molecule has 4 heteroatoms. The van der Waals surface area contributed by atoms with Crippen molar-refractivity contribution in [1.82, 2.24) is 4.90 Å². The largest absolute Gasteiger partial charge is 0.444 e. The zero-order valence-electron chi connectivity index (χ0n) is 9.99. The Morgan fingerprint density at radius 3 is 2.60 bits per heavy atom. The molecule has 0 bridgehead atoms. The van der Waals surface area contributed by atoms with Gasteiger partial charge in [0, 0.05) is 6.04 Å². The Morgan fingerprint density at radius 2 is 2.13 bits per heavy atom. The van der Waals surface area contributed by atoms with E-state index in [1.54, 1.807) is 4.90 Å². The summed E-state index contributed by atoms with van der Waals surface area (Å²) < 4.78 is 5.28. The van der Waals surface area contributed by atoms with E-state index in [1.165, 1.54) is 0 Å². The first-order valence-corrected chi connectivity index (χ1v) is 5.51. The van der Waals surface area contributed by atoms with E-state index in [0.717, 1.165) is 6.42 Å². The van der Waals surface area contributed by atoms with Crippen LogP contribution >= 0.6 is 0 Å². The highest BCUT2D eigenvalue weighted by atomic mass is 16.6. The second kappa shape index (κ2) is 4.39. The third-order valence-electron chi connectivity index (χ3n) is 2.49. The molecule has 0 radical (unpaired) electrons. The number of ether oxygens (including phenoxy) is 1. The lowest BCUT2D eigenvalue weighted by molar-refractivity contribution is 0.0206. The van der Waals surface area contributed by atoms with Gasteiger partial charge in [-0.15, -0.1) is 0 Å². The lowest BCUT2D eigenvalue weighted by Gasteiger charge is -2.27. The molecule has 0 aliphatic carbocycles. The maximum atomic E-state index is 11.8. The van der Waals surface area contributed by atoms with Crippen LogP contribution in [-0.2, 0) is 4.74 Å². The molecule has 1 aliphatic heterocycles. The van der Waals surface area contributed by atoms with E-state index >= 15 is 0 Å². The average molecular weight is 215 g/mol. The van der Waals surface area contributed by atoms with Crippen molar-refractivity contribution in [2.24, 2.45) is 0 Å². The van der Waals surface area contributed by atoms with Gasteiger partial charge >= 0.3 is 6.09 Å². The van der Waals surface area contributed by atoms with Gasteiger partial charge in [-0.05, 0) is 33.6 Å². The quantitative estimate of drug-likeness (QED) is 0.725. The summed E-state index contributed by atoms with van der Waals surface area (Å²) >= 11 is 0. The van der Waals surface area contributed by atoms with E-state index in [0.29, 0.717) is 13.0 Å². The molecule has 0 aromatic heterocycles. The molecule has 0 aromatic carbocycles. The standard InChI is InChI=1S/C11H21NO3/c1-5-8-6-9(13)7-12(8)10(14)15-11(2,3)4/h8-9,13H,5-7H2,1-4H3/t8-,9-/m1/s1. The van der Waals surface area contributed by atoms with Gasteiger partial charge in [0.25, 0.3) is 0 Å². The molecule has 0 unspecified atom stereocenters. The van der Waals surface area contributed by atoms with E-state index in [-0.39, 0.29) is 12.1 Å². The van der Waals surface area contributed by atoms with E-state index in [2.05, 4.69) is 0 Å². The highest BCUT2D eigenvalue weighted by Gasteiger charge is 2.35. The van der Waals surface area contributed by atoms with Crippen molar-refractivity contribution in [3.05, 3.63) is 0 Å². The van der Waals surface area contributed by atoms with Crippen LogP contribution in [0, 0.1) is 0 Å². The van der Waals surface area contributed by atoms with Crippen molar-refractivity contribution in [3.8, 4) is 0 Å². The first kappa shape index (κ1) is 12.3. The van der Waals surface area contributed by atoms with Crippen molar-refractivity contribution in [2.75, 3.05) is 6.54 Å². The molecule has 15 heavy (non-hydrogen) atoms. The van der Waals surface area contributed by atoms with Gasteiger partial charge in [0.15, 0.2) is 0 Å². The fourth-order valence-corrected chi connectivity index (χ4v) is 1.82. The molecular weight excluding hydrogens is 194 g/mol. The number of hydrogen-bond donors (Lipinski definition) is 1. The lowest BCUT2D eigenvalue weighted by atomic mass is 10.1. The van der Waals surface area contributed by atoms with Crippen LogP contribution in [0.4, 0.5) is 4.79 Å². The molecule has 1 aliphatic rings. The lowest BCUT2D eigenvalue weighted by Crippen LogP contribution is -2.39. The Balaban J connectivity index is 2.59. The van der Waals surface area contributed by atoms with Crippen molar-refractivity contribution in [1.29, 1.82) is 0 Å². The Labute approximate surface area is 91.2 Å². The number of amides is 1. The van der Waals surface area contributed by atoms with Gasteiger partial charge in [-0.1, -0.05) is 6.92 Å². The van der Waals surface area contributed by atoms with Gasteiger partial charge in [-0.25, -0.2) is 4.79 Å². The first-order chi connectivity index (χ1) is 6.83. The minimum absolute atomic E-state index is 0.120. The van der Waals surface area contributed by atoms with Gasteiger partial charge in [0.2, 0.25) is 0 Å². The molecule has 1 heterocycles. The van der Waals surface area contributed by atoms with Crippen LogP contribution in [0.15, 0.2) is 0 Å². The predicted molar refractivity (Wildman–Crippen MR) is 57.6 cm³/mol. The summed E-state index contributed by atoms with van der Waals surface area (Å²) in [6.45, 7) is 7.95. The zero-order chi connectivity index (χ0) is 11.6. The second-order valence-corrected chi connectivity index (χ2v) is 5.08. The number of likely N-dealkylation sites (tertiary alicyclic amines) is 1. The summed E-state index contributed by atoms with van der Waals surface area (Å²) in [5.74, 6) is 0. The van der Waals surface area contributed by atoms with Gasteiger partial charge in [-0.2, -0.15) is 0 Å². The number of β-amino-alcohol motifs (C(OH)–C–C–N with tert-alkyl or cyclic N) is 1. The summed E-state index contributed by atoms with van der Waals surface area (Å²) in [7, 11) is 0. The molecule has 1 rings (SSSR count). The topological polar surface area (TPSA) is 49.8 Å². The van der Waals surface area contributed by atoms with Gasteiger partial charge < -0.3 is 14.7 Å². The van der Waals surface area contributed by atoms with Crippen molar-refractivity contribution >= 4 is 6.09 Å².